The van der Waals surface area contributed by atoms with Crippen LogP contribution in [0.5, 0.6) is 0 Å². The molecule has 2 atom stereocenters. The van der Waals surface area contributed by atoms with Gasteiger partial charge in [0.15, 0.2) is 12.1 Å². The van der Waals surface area contributed by atoms with Crippen LogP contribution in [0.3, 0.4) is 0 Å². The van der Waals surface area contributed by atoms with Gasteiger partial charge in [-0.05, 0) is 24.3 Å². The Balaban J connectivity index is 1.37. The van der Waals surface area contributed by atoms with E-state index in [-0.39, 0.29) is 18.1 Å². The van der Waals surface area contributed by atoms with Crippen molar-refractivity contribution in [3.05, 3.63) is 66.3 Å². The summed E-state index contributed by atoms with van der Waals surface area (Å²) in [7, 11) is 0. The van der Waals surface area contributed by atoms with Gasteiger partial charge in [0, 0.05) is 5.56 Å². The molecule has 0 bridgehead atoms. The van der Waals surface area contributed by atoms with Gasteiger partial charge in [0.1, 0.15) is 12.4 Å². The molecule has 0 aliphatic carbocycles. The molecule has 5 rings (SSSR count). The Hall–Kier alpha value is -3.95. The third-order valence-corrected chi connectivity index (χ3v) is 4.74. The van der Waals surface area contributed by atoms with Crippen LogP contribution in [-0.2, 0) is 16.1 Å². The lowest BCUT2D eigenvalue weighted by Crippen LogP contribution is -2.39. The molecule has 1 fully saturated rings. The van der Waals surface area contributed by atoms with E-state index in [1.165, 1.54) is 29.3 Å². The van der Waals surface area contributed by atoms with E-state index < -0.39 is 29.7 Å². The predicted molar refractivity (Wildman–Crippen MR) is 96.6 cm³/mol. The van der Waals surface area contributed by atoms with E-state index in [2.05, 4.69) is 20.5 Å². The molecule has 3 aromatic rings. The Morgan fingerprint density at radius 3 is 2.52 bits per heavy atom. The van der Waals surface area contributed by atoms with Crippen LogP contribution < -0.4 is 4.90 Å². The molecule has 2 aliphatic rings. The highest BCUT2D eigenvalue weighted by molar-refractivity contribution is 6.25. The molecule has 2 aliphatic heterocycles. The lowest BCUT2D eigenvalue weighted by Gasteiger charge is -2.19. The Morgan fingerprint density at radius 1 is 1.00 bits per heavy atom. The first-order valence-electron chi connectivity index (χ1n) is 8.80. The fourth-order valence-corrected chi connectivity index (χ4v) is 3.36. The minimum absolute atomic E-state index is 0.0285. The molecule has 0 saturated carbocycles. The summed E-state index contributed by atoms with van der Waals surface area (Å²) in [5.41, 5.74) is 1.08. The molecule has 9 nitrogen and oxygen atoms in total. The standard InChI is InChI=1S/C19H13FN6O3/c20-12-6-8-13(9-7-12)26-18(27)15-16(19(26)28)25(24-22-15)10-14-21-17(23-29-14)11-4-2-1-3-5-11/h1-9,15-16H,10H2. The number of nitrogens with zero attached hydrogens (tertiary/aromatic N) is 6. The number of hydrogen-bond donors (Lipinski definition) is 0. The van der Waals surface area contributed by atoms with Gasteiger partial charge >= 0.3 is 0 Å². The minimum Gasteiger partial charge on any atom is -0.337 e. The van der Waals surface area contributed by atoms with E-state index in [4.69, 9.17) is 4.52 Å². The van der Waals surface area contributed by atoms with Crippen LogP contribution in [-0.4, -0.2) is 39.0 Å². The number of benzene rings is 2. The van der Waals surface area contributed by atoms with Crippen molar-refractivity contribution in [3.8, 4) is 11.4 Å². The monoisotopic (exact) mass is 392 g/mol. The zero-order valence-corrected chi connectivity index (χ0v) is 14.8. The highest BCUT2D eigenvalue weighted by Gasteiger charge is 2.55. The van der Waals surface area contributed by atoms with Crippen LogP contribution in [0.25, 0.3) is 11.4 Å². The van der Waals surface area contributed by atoms with Gasteiger partial charge in [-0.25, -0.2) is 9.29 Å². The lowest BCUT2D eigenvalue weighted by molar-refractivity contribution is -0.123. The van der Waals surface area contributed by atoms with Gasteiger partial charge in [0.2, 0.25) is 11.7 Å². The smallest absolute Gasteiger partial charge is 0.263 e. The molecule has 0 radical (unpaired) electrons. The lowest BCUT2D eigenvalue weighted by atomic mass is 10.1. The molecule has 29 heavy (non-hydrogen) atoms. The van der Waals surface area contributed by atoms with Gasteiger partial charge in [-0.2, -0.15) is 10.1 Å². The third kappa shape index (κ3) is 2.85. The van der Waals surface area contributed by atoms with Crippen molar-refractivity contribution in [2.24, 2.45) is 10.3 Å². The number of aromatic nitrogens is 2. The van der Waals surface area contributed by atoms with Gasteiger partial charge in [-0.15, -0.1) is 0 Å². The second-order valence-electron chi connectivity index (χ2n) is 6.56. The average Bonchev–Trinajstić information content (AvgIpc) is 3.43. The first kappa shape index (κ1) is 17.2. The number of amides is 2. The van der Waals surface area contributed by atoms with E-state index >= 15 is 0 Å². The second kappa shape index (κ2) is 6.59. The largest absolute Gasteiger partial charge is 0.337 e. The Labute approximate surface area is 163 Å². The van der Waals surface area contributed by atoms with E-state index in [9.17, 15) is 14.0 Å². The number of anilines is 1. The summed E-state index contributed by atoms with van der Waals surface area (Å²) in [4.78, 5) is 30.9. The van der Waals surface area contributed by atoms with Crippen LogP contribution in [0.1, 0.15) is 5.89 Å². The van der Waals surface area contributed by atoms with Crippen molar-refractivity contribution in [2.45, 2.75) is 18.6 Å². The Bertz CT molecular complexity index is 1110. The molecule has 2 amide bonds. The highest BCUT2D eigenvalue weighted by Crippen LogP contribution is 2.32. The molecule has 10 heteroatoms. The molecular weight excluding hydrogens is 379 g/mol. The average molecular weight is 392 g/mol. The molecule has 1 aromatic heterocycles. The summed E-state index contributed by atoms with van der Waals surface area (Å²) < 4.78 is 18.4. The summed E-state index contributed by atoms with van der Waals surface area (Å²) in [6, 6.07) is 12.6. The highest BCUT2D eigenvalue weighted by atomic mass is 19.1. The van der Waals surface area contributed by atoms with Crippen LogP contribution in [0, 0.1) is 5.82 Å². The fraction of sp³-hybridized carbons (Fsp3) is 0.158. The van der Waals surface area contributed by atoms with Crippen molar-refractivity contribution in [1.29, 1.82) is 0 Å². The SMILES string of the molecule is O=C1C2N=NN(Cc3nc(-c4ccccc4)no3)C2C(=O)N1c1ccc(F)cc1. The second-order valence-corrected chi connectivity index (χ2v) is 6.56. The molecule has 0 N–H and O–H groups in total. The van der Waals surface area contributed by atoms with E-state index in [1.54, 1.807) is 0 Å². The van der Waals surface area contributed by atoms with E-state index in [0.717, 1.165) is 10.5 Å². The Kier molecular flexibility index (Phi) is 3.90. The Morgan fingerprint density at radius 2 is 1.76 bits per heavy atom. The number of carbonyl (C=O) groups is 2. The summed E-state index contributed by atoms with van der Waals surface area (Å²) in [5, 5.41) is 13.2. The van der Waals surface area contributed by atoms with Gasteiger partial charge < -0.3 is 4.52 Å². The van der Waals surface area contributed by atoms with Gasteiger partial charge in [-0.3, -0.25) is 14.6 Å². The maximum Gasteiger partial charge on any atom is 0.263 e. The molecule has 1 saturated heterocycles. The number of hydrogen-bond acceptors (Lipinski definition) is 8. The quantitative estimate of drug-likeness (QED) is 0.632. The maximum absolute atomic E-state index is 13.2. The van der Waals surface area contributed by atoms with Crippen molar-refractivity contribution in [1.82, 2.24) is 15.1 Å². The first-order chi connectivity index (χ1) is 14.1. The van der Waals surface area contributed by atoms with Gasteiger partial charge in [0.25, 0.3) is 11.8 Å². The van der Waals surface area contributed by atoms with E-state index in [1.807, 2.05) is 30.3 Å². The molecule has 2 aromatic carbocycles. The van der Waals surface area contributed by atoms with Gasteiger partial charge in [0.05, 0.1) is 5.69 Å². The summed E-state index contributed by atoms with van der Waals surface area (Å²) in [5.74, 6) is -0.799. The molecule has 2 unspecified atom stereocenters. The normalized spacial score (nSPS) is 20.6. The number of halogens is 1. The number of rotatable bonds is 4. The first-order valence-corrected chi connectivity index (χ1v) is 8.80. The number of imide groups is 1. The minimum atomic E-state index is -0.955. The van der Waals surface area contributed by atoms with Crippen LogP contribution in [0.15, 0.2) is 69.5 Å². The number of carbonyl (C=O) groups excluding carboxylic acids is 2. The summed E-state index contributed by atoms with van der Waals surface area (Å²) in [6.45, 7) is 0.0285. The zero-order valence-electron chi connectivity index (χ0n) is 14.8. The zero-order chi connectivity index (χ0) is 20.0. The topological polar surface area (TPSA) is 104 Å². The fourth-order valence-electron chi connectivity index (χ4n) is 3.36. The third-order valence-electron chi connectivity index (χ3n) is 4.74. The van der Waals surface area contributed by atoms with Crippen LogP contribution in [0.4, 0.5) is 10.1 Å². The van der Waals surface area contributed by atoms with Crippen molar-refractivity contribution < 1.29 is 18.5 Å². The van der Waals surface area contributed by atoms with Crippen molar-refractivity contribution in [3.63, 3.8) is 0 Å². The maximum atomic E-state index is 13.2. The molecular formula is C19H13FN6O3. The molecule has 0 spiro atoms. The summed E-state index contributed by atoms with van der Waals surface area (Å²) >= 11 is 0. The molecule has 144 valence electrons. The predicted octanol–water partition coefficient (Wildman–Crippen LogP) is 2.37. The summed E-state index contributed by atoms with van der Waals surface area (Å²) in [6.07, 6.45) is 0. The number of fused-ring (bicyclic) bond motifs is 1. The van der Waals surface area contributed by atoms with Crippen LogP contribution in [0.2, 0.25) is 0 Å². The van der Waals surface area contributed by atoms with Gasteiger partial charge in [-0.1, -0.05) is 40.7 Å². The van der Waals surface area contributed by atoms with E-state index in [0.29, 0.717) is 5.82 Å². The van der Waals surface area contributed by atoms with Crippen LogP contribution >= 0.6 is 0 Å². The molecule has 3 heterocycles. The van der Waals surface area contributed by atoms with Crippen molar-refractivity contribution in [2.75, 3.05) is 4.90 Å². The van der Waals surface area contributed by atoms with Crippen molar-refractivity contribution >= 4 is 17.5 Å².